The van der Waals surface area contributed by atoms with Gasteiger partial charge in [0.15, 0.2) is 0 Å². The fraction of sp³-hybridized carbons (Fsp3) is 0.750. The zero-order valence-corrected chi connectivity index (χ0v) is 9.81. The van der Waals surface area contributed by atoms with E-state index in [2.05, 4.69) is 0 Å². The molecule has 1 heterocycles. The summed E-state index contributed by atoms with van der Waals surface area (Å²) in [6.07, 6.45) is 0.590. The highest BCUT2D eigenvalue weighted by atomic mass is 35.5. The number of primary amides is 1. The third-order valence-corrected chi connectivity index (χ3v) is 2.49. The minimum Gasteiger partial charge on any atom is -0.446 e. The lowest BCUT2D eigenvalue weighted by Gasteiger charge is -2.32. The van der Waals surface area contributed by atoms with Crippen LogP contribution in [0.1, 0.15) is 12.8 Å². The van der Waals surface area contributed by atoms with E-state index in [1.807, 2.05) is 4.90 Å². The van der Waals surface area contributed by atoms with Crippen molar-refractivity contribution < 1.29 is 9.53 Å². The van der Waals surface area contributed by atoms with E-state index < -0.39 is 6.09 Å². The molecule has 1 rings (SSSR count). The van der Waals surface area contributed by atoms with Gasteiger partial charge in [0.05, 0.1) is 5.88 Å². The van der Waals surface area contributed by atoms with E-state index >= 15 is 0 Å². The molecule has 0 unspecified atom stereocenters. The van der Waals surface area contributed by atoms with Crippen LogP contribution in [0.3, 0.4) is 0 Å². The van der Waals surface area contributed by atoms with Crippen LogP contribution in [0.4, 0.5) is 4.79 Å². The smallest absolute Gasteiger partial charge is 0.404 e. The number of carbonyl (C=O) groups excluding carboxylic acids is 1. The monoisotopic (exact) mass is 255 g/mol. The molecule has 1 amide bonds. The van der Waals surface area contributed by atoms with Gasteiger partial charge in [0.25, 0.3) is 0 Å². The van der Waals surface area contributed by atoms with Gasteiger partial charge in [-0.05, 0) is 0 Å². The lowest BCUT2D eigenvalue weighted by atomic mass is 10.1. The summed E-state index contributed by atoms with van der Waals surface area (Å²) >= 11 is 5.53. The minimum atomic E-state index is -0.726. The summed E-state index contributed by atoms with van der Waals surface area (Å²) in [5, 5.41) is 7.50. The molecule has 3 N–H and O–H groups in total. The third-order valence-electron chi connectivity index (χ3n) is 2.23. The Morgan fingerprint density at radius 1 is 1.53 bits per heavy atom. The van der Waals surface area contributed by atoms with E-state index in [0.717, 1.165) is 0 Å². The molecule has 1 saturated heterocycles. The minimum absolute atomic E-state index is 0. The fourth-order valence-corrected chi connectivity index (χ4v) is 1.66. The van der Waals surface area contributed by atoms with Gasteiger partial charge in [-0.25, -0.2) is 4.79 Å². The fourth-order valence-electron chi connectivity index (χ4n) is 1.49. The van der Waals surface area contributed by atoms with Gasteiger partial charge in [-0.3, -0.25) is 5.41 Å². The SMILES string of the molecule is Cl.N=C(CCl)N1CCC(OC(N)=O)CC1. The van der Waals surface area contributed by atoms with Crippen LogP contribution in [0.5, 0.6) is 0 Å². The van der Waals surface area contributed by atoms with Gasteiger partial charge in [0.1, 0.15) is 11.9 Å². The second-order valence-electron chi connectivity index (χ2n) is 3.20. The van der Waals surface area contributed by atoms with Gasteiger partial charge in [-0.1, -0.05) is 0 Å². The summed E-state index contributed by atoms with van der Waals surface area (Å²) in [5.74, 6) is 0.644. The zero-order chi connectivity index (χ0) is 10.6. The molecule has 0 aromatic carbocycles. The van der Waals surface area contributed by atoms with Crippen molar-refractivity contribution in [2.45, 2.75) is 18.9 Å². The third kappa shape index (κ3) is 4.57. The molecular formula is C8H15Cl2N3O2. The maximum Gasteiger partial charge on any atom is 0.404 e. The molecule has 0 atom stereocenters. The lowest BCUT2D eigenvalue weighted by Crippen LogP contribution is -2.42. The van der Waals surface area contributed by atoms with Gasteiger partial charge in [-0.2, -0.15) is 0 Å². The average Bonchev–Trinajstić information content (AvgIpc) is 2.17. The van der Waals surface area contributed by atoms with Gasteiger partial charge in [-0.15, -0.1) is 24.0 Å². The second-order valence-corrected chi connectivity index (χ2v) is 3.47. The predicted molar refractivity (Wildman–Crippen MR) is 61.0 cm³/mol. The standard InChI is InChI=1S/C8H14ClN3O2.ClH/c9-5-7(10)12-3-1-6(2-4-12)14-8(11)13;/h6,10H,1-5H2,(H2,11,13);1H. The second kappa shape index (κ2) is 6.74. The van der Waals surface area contributed by atoms with Crippen LogP contribution < -0.4 is 5.73 Å². The van der Waals surface area contributed by atoms with E-state index in [0.29, 0.717) is 31.8 Å². The molecule has 0 aliphatic carbocycles. The van der Waals surface area contributed by atoms with E-state index in [9.17, 15) is 4.79 Å². The molecule has 7 heteroatoms. The first-order chi connectivity index (χ1) is 6.63. The lowest BCUT2D eigenvalue weighted by molar-refractivity contribution is 0.0716. The summed E-state index contributed by atoms with van der Waals surface area (Å²) in [5.41, 5.74) is 4.91. The number of amidine groups is 1. The number of hydrogen-bond donors (Lipinski definition) is 2. The van der Waals surface area contributed by atoms with Gasteiger partial charge in [0, 0.05) is 25.9 Å². The molecule has 0 saturated carbocycles. The number of likely N-dealkylation sites (tertiary alicyclic amines) is 1. The topological polar surface area (TPSA) is 79.4 Å². The molecule has 0 radical (unpaired) electrons. The number of alkyl halides is 1. The number of nitrogens with one attached hydrogen (secondary N) is 1. The van der Waals surface area contributed by atoms with E-state index in [1.54, 1.807) is 0 Å². The highest BCUT2D eigenvalue weighted by Crippen LogP contribution is 2.13. The maximum atomic E-state index is 10.5. The largest absolute Gasteiger partial charge is 0.446 e. The van der Waals surface area contributed by atoms with Crippen molar-refractivity contribution >= 4 is 35.9 Å². The Morgan fingerprint density at radius 2 is 2.07 bits per heavy atom. The van der Waals surface area contributed by atoms with Crippen LogP contribution in [-0.4, -0.2) is 41.9 Å². The van der Waals surface area contributed by atoms with Gasteiger partial charge >= 0.3 is 6.09 Å². The van der Waals surface area contributed by atoms with Crippen LogP contribution >= 0.6 is 24.0 Å². The highest BCUT2D eigenvalue weighted by molar-refractivity contribution is 6.27. The Morgan fingerprint density at radius 3 is 2.47 bits per heavy atom. The molecule has 0 spiro atoms. The summed E-state index contributed by atoms with van der Waals surface area (Å²) in [7, 11) is 0. The van der Waals surface area contributed by atoms with Crippen molar-refractivity contribution in [2.75, 3.05) is 19.0 Å². The van der Waals surface area contributed by atoms with Crippen molar-refractivity contribution in [1.82, 2.24) is 4.90 Å². The number of nitrogens with zero attached hydrogens (tertiary/aromatic N) is 1. The molecule has 1 aliphatic heterocycles. The van der Waals surface area contributed by atoms with Crippen molar-refractivity contribution in [3.05, 3.63) is 0 Å². The maximum absolute atomic E-state index is 10.5. The zero-order valence-electron chi connectivity index (χ0n) is 8.24. The molecule has 1 fully saturated rings. The normalized spacial score (nSPS) is 16.7. The first-order valence-electron chi connectivity index (χ1n) is 4.48. The molecule has 88 valence electrons. The Kier molecular flexibility index (Phi) is 6.43. The van der Waals surface area contributed by atoms with E-state index in [-0.39, 0.29) is 24.4 Å². The number of halogens is 2. The van der Waals surface area contributed by atoms with E-state index in [4.69, 9.17) is 27.5 Å². The van der Waals surface area contributed by atoms with Gasteiger partial charge in [0.2, 0.25) is 0 Å². The first-order valence-corrected chi connectivity index (χ1v) is 5.01. The van der Waals surface area contributed by atoms with Crippen LogP contribution in [0.2, 0.25) is 0 Å². The Labute approximate surface area is 99.8 Å². The number of amides is 1. The molecule has 1 aliphatic rings. The summed E-state index contributed by atoms with van der Waals surface area (Å²) in [4.78, 5) is 12.3. The number of nitrogens with two attached hydrogens (primary N) is 1. The summed E-state index contributed by atoms with van der Waals surface area (Å²) in [6, 6.07) is 0. The highest BCUT2D eigenvalue weighted by Gasteiger charge is 2.22. The van der Waals surface area contributed by atoms with Crippen LogP contribution in [0, 0.1) is 5.41 Å². The molecule has 0 aromatic heterocycles. The molecule has 0 bridgehead atoms. The Balaban J connectivity index is 0.00000196. The number of rotatable bonds is 2. The quantitative estimate of drug-likeness (QED) is 0.442. The van der Waals surface area contributed by atoms with Crippen LogP contribution in [0.25, 0.3) is 0 Å². The number of ether oxygens (including phenoxy) is 1. The van der Waals surface area contributed by atoms with E-state index in [1.165, 1.54) is 0 Å². The van der Waals surface area contributed by atoms with Crippen LogP contribution in [-0.2, 0) is 4.74 Å². The van der Waals surface area contributed by atoms with Crippen molar-refractivity contribution in [2.24, 2.45) is 5.73 Å². The molecule has 0 aromatic rings. The first kappa shape index (κ1) is 14.3. The number of hydrogen-bond acceptors (Lipinski definition) is 3. The van der Waals surface area contributed by atoms with Crippen LogP contribution in [0.15, 0.2) is 0 Å². The van der Waals surface area contributed by atoms with Crippen molar-refractivity contribution in [1.29, 1.82) is 5.41 Å². The molecular weight excluding hydrogens is 241 g/mol. The average molecular weight is 256 g/mol. The Hall–Kier alpha value is -0.680. The van der Waals surface area contributed by atoms with Crippen molar-refractivity contribution in [3.8, 4) is 0 Å². The molecule has 15 heavy (non-hydrogen) atoms. The molecule has 5 nitrogen and oxygen atoms in total. The number of piperidine rings is 1. The Bertz CT molecular complexity index is 230. The summed E-state index contributed by atoms with van der Waals surface area (Å²) < 4.78 is 4.86. The summed E-state index contributed by atoms with van der Waals surface area (Å²) in [6.45, 7) is 1.40. The predicted octanol–water partition coefficient (Wildman–Crippen LogP) is 1.18. The number of carbonyl (C=O) groups is 1. The van der Waals surface area contributed by atoms with Gasteiger partial charge < -0.3 is 15.4 Å². The van der Waals surface area contributed by atoms with Crippen molar-refractivity contribution in [3.63, 3.8) is 0 Å².